The molecule has 1 aliphatic rings. The third kappa shape index (κ3) is 3.92. The molecular formula is C20H25N3O2. The molecule has 5 heteroatoms. The van der Waals surface area contributed by atoms with Crippen molar-refractivity contribution in [2.24, 2.45) is 0 Å². The third-order valence-electron chi connectivity index (χ3n) is 4.50. The number of ether oxygens (including phenoxy) is 1. The van der Waals surface area contributed by atoms with Crippen LogP contribution < -0.4 is 9.64 Å². The van der Waals surface area contributed by atoms with E-state index in [1.807, 2.05) is 56.0 Å². The number of carbonyl (C=O) groups is 1. The summed E-state index contributed by atoms with van der Waals surface area (Å²) in [6, 6.07) is 11.8. The van der Waals surface area contributed by atoms with Gasteiger partial charge in [0, 0.05) is 37.8 Å². The van der Waals surface area contributed by atoms with Crippen molar-refractivity contribution in [2.45, 2.75) is 20.8 Å². The van der Waals surface area contributed by atoms with Gasteiger partial charge in [-0.15, -0.1) is 0 Å². The molecule has 2 aromatic rings. The van der Waals surface area contributed by atoms with E-state index in [1.165, 1.54) is 5.56 Å². The lowest BCUT2D eigenvalue weighted by Crippen LogP contribution is -2.49. The van der Waals surface area contributed by atoms with Gasteiger partial charge in [0.15, 0.2) is 0 Å². The number of aromatic nitrogens is 1. The summed E-state index contributed by atoms with van der Waals surface area (Å²) >= 11 is 0. The average Bonchev–Trinajstić information content (AvgIpc) is 2.62. The number of pyridine rings is 1. The van der Waals surface area contributed by atoms with Crippen molar-refractivity contribution in [3.05, 3.63) is 53.1 Å². The van der Waals surface area contributed by atoms with Crippen LogP contribution in [0.3, 0.4) is 0 Å². The van der Waals surface area contributed by atoms with Crippen LogP contribution >= 0.6 is 0 Å². The lowest BCUT2D eigenvalue weighted by molar-refractivity contribution is 0.0745. The molecule has 25 heavy (non-hydrogen) atoms. The van der Waals surface area contributed by atoms with Gasteiger partial charge < -0.3 is 14.5 Å². The van der Waals surface area contributed by atoms with E-state index in [0.29, 0.717) is 25.6 Å². The fourth-order valence-electron chi connectivity index (χ4n) is 3.17. The van der Waals surface area contributed by atoms with Gasteiger partial charge in [-0.05, 0) is 38.5 Å². The number of anilines is 1. The van der Waals surface area contributed by atoms with E-state index in [9.17, 15) is 4.79 Å². The minimum atomic E-state index is 0.119. The Kier molecular flexibility index (Phi) is 5.22. The van der Waals surface area contributed by atoms with Crippen molar-refractivity contribution in [1.82, 2.24) is 9.88 Å². The molecule has 0 radical (unpaired) electrons. The van der Waals surface area contributed by atoms with Gasteiger partial charge in [-0.2, -0.15) is 4.98 Å². The lowest BCUT2D eigenvalue weighted by Gasteiger charge is -2.35. The highest BCUT2D eigenvalue weighted by atomic mass is 16.5. The summed E-state index contributed by atoms with van der Waals surface area (Å²) in [5.74, 6) is 1.67. The molecule has 132 valence electrons. The largest absolute Gasteiger partial charge is 0.478 e. The van der Waals surface area contributed by atoms with E-state index >= 15 is 0 Å². The average molecular weight is 339 g/mol. The summed E-state index contributed by atoms with van der Waals surface area (Å²) < 4.78 is 5.48. The number of hydrogen-bond donors (Lipinski definition) is 0. The van der Waals surface area contributed by atoms with Crippen molar-refractivity contribution < 1.29 is 9.53 Å². The van der Waals surface area contributed by atoms with Crippen molar-refractivity contribution in [1.29, 1.82) is 0 Å². The van der Waals surface area contributed by atoms with Crippen LogP contribution in [-0.4, -0.2) is 48.6 Å². The van der Waals surface area contributed by atoms with Gasteiger partial charge in [-0.3, -0.25) is 4.79 Å². The number of amides is 1. The first-order valence-electron chi connectivity index (χ1n) is 8.80. The van der Waals surface area contributed by atoms with Crippen LogP contribution in [0.2, 0.25) is 0 Å². The molecule has 1 amide bonds. The number of rotatable bonds is 4. The number of benzene rings is 1. The van der Waals surface area contributed by atoms with Crippen LogP contribution in [0.1, 0.15) is 28.4 Å². The summed E-state index contributed by atoms with van der Waals surface area (Å²) in [5, 5.41) is 0. The third-order valence-corrected chi connectivity index (χ3v) is 4.50. The summed E-state index contributed by atoms with van der Waals surface area (Å²) in [7, 11) is 0. The summed E-state index contributed by atoms with van der Waals surface area (Å²) in [4.78, 5) is 21.5. The highest BCUT2D eigenvalue weighted by Gasteiger charge is 2.23. The van der Waals surface area contributed by atoms with Gasteiger partial charge in [-0.1, -0.05) is 23.8 Å². The molecule has 1 fully saturated rings. The number of piperazine rings is 1. The normalized spacial score (nSPS) is 14.5. The standard InChI is InChI=1S/C20H25N3O2/c1-4-25-19-7-5-6-18(21-19)22-10-12-23(13-11-22)20(24)17-9-8-15(2)14-16(17)3/h5-9,14H,4,10-13H2,1-3H3. The molecule has 0 atom stereocenters. The zero-order valence-electron chi connectivity index (χ0n) is 15.2. The number of carbonyl (C=O) groups excluding carboxylic acids is 1. The first-order chi connectivity index (χ1) is 12.1. The molecular weight excluding hydrogens is 314 g/mol. The molecule has 1 aliphatic heterocycles. The van der Waals surface area contributed by atoms with E-state index in [0.717, 1.165) is 30.0 Å². The Bertz CT molecular complexity index is 752. The first-order valence-corrected chi connectivity index (χ1v) is 8.80. The van der Waals surface area contributed by atoms with Crippen molar-refractivity contribution in [3.63, 3.8) is 0 Å². The minimum Gasteiger partial charge on any atom is -0.478 e. The molecule has 0 unspecified atom stereocenters. The Hall–Kier alpha value is -2.56. The fourth-order valence-corrected chi connectivity index (χ4v) is 3.17. The van der Waals surface area contributed by atoms with E-state index in [1.54, 1.807) is 0 Å². The zero-order valence-corrected chi connectivity index (χ0v) is 15.2. The van der Waals surface area contributed by atoms with Gasteiger partial charge >= 0.3 is 0 Å². The Morgan fingerprint density at radius 1 is 1.12 bits per heavy atom. The Morgan fingerprint density at radius 2 is 1.88 bits per heavy atom. The molecule has 2 heterocycles. The lowest BCUT2D eigenvalue weighted by atomic mass is 10.0. The Morgan fingerprint density at radius 3 is 2.56 bits per heavy atom. The van der Waals surface area contributed by atoms with Crippen LogP contribution in [-0.2, 0) is 0 Å². The highest BCUT2D eigenvalue weighted by Crippen LogP contribution is 2.19. The predicted octanol–water partition coefficient (Wildman–Crippen LogP) is 3.06. The molecule has 1 aromatic heterocycles. The van der Waals surface area contributed by atoms with Crippen LogP contribution in [0.4, 0.5) is 5.82 Å². The molecule has 1 saturated heterocycles. The summed E-state index contributed by atoms with van der Waals surface area (Å²) in [6.45, 7) is 9.56. The SMILES string of the molecule is CCOc1cccc(N2CCN(C(=O)c3ccc(C)cc3C)CC2)n1. The number of hydrogen-bond acceptors (Lipinski definition) is 4. The second kappa shape index (κ2) is 7.55. The van der Waals surface area contributed by atoms with Gasteiger partial charge in [-0.25, -0.2) is 0 Å². The quantitative estimate of drug-likeness (QED) is 0.859. The Labute approximate surface area is 149 Å². The van der Waals surface area contributed by atoms with E-state index in [2.05, 4.69) is 16.0 Å². The first kappa shape index (κ1) is 17.3. The molecule has 0 aliphatic carbocycles. The second-order valence-electron chi connectivity index (χ2n) is 6.36. The number of nitrogens with zero attached hydrogens (tertiary/aromatic N) is 3. The molecule has 0 bridgehead atoms. The van der Waals surface area contributed by atoms with Crippen molar-refractivity contribution in [2.75, 3.05) is 37.7 Å². The minimum absolute atomic E-state index is 0.119. The molecule has 3 rings (SSSR count). The molecule has 5 nitrogen and oxygen atoms in total. The maximum absolute atomic E-state index is 12.8. The molecule has 0 saturated carbocycles. The smallest absolute Gasteiger partial charge is 0.254 e. The van der Waals surface area contributed by atoms with Gasteiger partial charge in [0.05, 0.1) is 6.61 Å². The predicted molar refractivity (Wildman–Crippen MR) is 99.4 cm³/mol. The second-order valence-corrected chi connectivity index (χ2v) is 6.36. The molecule has 1 aromatic carbocycles. The molecule has 0 N–H and O–H groups in total. The highest BCUT2D eigenvalue weighted by molar-refractivity contribution is 5.95. The maximum Gasteiger partial charge on any atom is 0.254 e. The number of aryl methyl sites for hydroxylation is 2. The van der Waals surface area contributed by atoms with Crippen LogP contribution in [0.15, 0.2) is 36.4 Å². The van der Waals surface area contributed by atoms with E-state index in [-0.39, 0.29) is 5.91 Å². The molecule has 0 spiro atoms. The summed E-state index contributed by atoms with van der Waals surface area (Å²) in [5.41, 5.74) is 3.02. The maximum atomic E-state index is 12.8. The summed E-state index contributed by atoms with van der Waals surface area (Å²) in [6.07, 6.45) is 0. The topological polar surface area (TPSA) is 45.7 Å². The van der Waals surface area contributed by atoms with Crippen molar-refractivity contribution in [3.8, 4) is 5.88 Å². The van der Waals surface area contributed by atoms with Crippen LogP contribution in [0.5, 0.6) is 5.88 Å². The fraction of sp³-hybridized carbons (Fsp3) is 0.400. The van der Waals surface area contributed by atoms with Crippen LogP contribution in [0, 0.1) is 13.8 Å². The Balaban J connectivity index is 1.65. The monoisotopic (exact) mass is 339 g/mol. The van der Waals surface area contributed by atoms with E-state index < -0.39 is 0 Å². The van der Waals surface area contributed by atoms with Gasteiger partial charge in [0.1, 0.15) is 5.82 Å². The van der Waals surface area contributed by atoms with Crippen molar-refractivity contribution >= 4 is 11.7 Å². The zero-order chi connectivity index (χ0) is 17.8. The van der Waals surface area contributed by atoms with Gasteiger partial charge in [0.25, 0.3) is 5.91 Å². The van der Waals surface area contributed by atoms with E-state index in [4.69, 9.17) is 4.74 Å². The van der Waals surface area contributed by atoms with Crippen LogP contribution in [0.25, 0.3) is 0 Å². The van der Waals surface area contributed by atoms with Gasteiger partial charge in [0.2, 0.25) is 5.88 Å².